The highest BCUT2D eigenvalue weighted by Gasteiger charge is 2.01. The number of pyridine rings is 1. The van der Waals surface area contributed by atoms with E-state index in [-0.39, 0.29) is 0 Å². The first-order valence-electron chi connectivity index (χ1n) is 4.41. The molecule has 0 aliphatic heterocycles. The molecule has 0 radical (unpaired) electrons. The van der Waals surface area contributed by atoms with E-state index in [1.807, 2.05) is 28.9 Å². The summed E-state index contributed by atoms with van der Waals surface area (Å²) in [5.74, 6) is 0. The SMILES string of the molecule is COCCc1cn2cc(Cl)ccc2n1. The lowest BCUT2D eigenvalue weighted by Gasteiger charge is -1.92. The number of fused-ring (bicyclic) bond motifs is 1. The molecule has 0 fully saturated rings. The van der Waals surface area contributed by atoms with Crippen molar-refractivity contribution in [3.05, 3.63) is 35.2 Å². The molecular weight excluding hydrogens is 200 g/mol. The summed E-state index contributed by atoms with van der Waals surface area (Å²) < 4.78 is 6.91. The molecule has 0 spiro atoms. The fourth-order valence-electron chi connectivity index (χ4n) is 1.34. The van der Waals surface area contributed by atoms with Crippen LogP contribution in [0.25, 0.3) is 5.65 Å². The average Bonchev–Trinajstić information content (AvgIpc) is 2.56. The van der Waals surface area contributed by atoms with Crippen LogP contribution in [0.2, 0.25) is 5.02 Å². The Bertz CT molecular complexity index is 439. The lowest BCUT2D eigenvalue weighted by molar-refractivity contribution is 0.201. The van der Waals surface area contributed by atoms with Gasteiger partial charge in [-0.15, -0.1) is 0 Å². The lowest BCUT2D eigenvalue weighted by atomic mass is 10.3. The highest BCUT2D eigenvalue weighted by atomic mass is 35.5. The van der Waals surface area contributed by atoms with Crippen LogP contribution < -0.4 is 0 Å². The van der Waals surface area contributed by atoms with Crippen LogP contribution in [0.1, 0.15) is 5.69 Å². The van der Waals surface area contributed by atoms with E-state index < -0.39 is 0 Å². The molecule has 2 rings (SSSR count). The van der Waals surface area contributed by atoms with Crippen molar-refractivity contribution in [3.8, 4) is 0 Å². The van der Waals surface area contributed by atoms with E-state index in [0.717, 1.165) is 17.8 Å². The maximum absolute atomic E-state index is 5.86. The van der Waals surface area contributed by atoms with E-state index >= 15 is 0 Å². The molecule has 0 aliphatic rings. The van der Waals surface area contributed by atoms with Gasteiger partial charge in [0.2, 0.25) is 0 Å². The summed E-state index contributed by atoms with van der Waals surface area (Å²) in [5.41, 5.74) is 1.94. The molecule has 0 saturated carbocycles. The van der Waals surface area contributed by atoms with Gasteiger partial charge in [-0.05, 0) is 12.1 Å². The number of ether oxygens (including phenoxy) is 1. The van der Waals surface area contributed by atoms with Crippen LogP contribution in [-0.2, 0) is 11.2 Å². The number of methoxy groups -OCH3 is 1. The largest absolute Gasteiger partial charge is 0.384 e. The maximum atomic E-state index is 5.86. The van der Waals surface area contributed by atoms with Gasteiger partial charge in [0.25, 0.3) is 0 Å². The van der Waals surface area contributed by atoms with Crippen molar-refractivity contribution >= 4 is 17.2 Å². The zero-order chi connectivity index (χ0) is 9.97. The Balaban J connectivity index is 2.32. The van der Waals surface area contributed by atoms with Gasteiger partial charge in [-0.2, -0.15) is 0 Å². The molecule has 0 unspecified atom stereocenters. The summed E-state index contributed by atoms with van der Waals surface area (Å²) in [4.78, 5) is 4.42. The van der Waals surface area contributed by atoms with Gasteiger partial charge in [0.15, 0.2) is 0 Å². The summed E-state index contributed by atoms with van der Waals surface area (Å²) in [5, 5.41) is 0.716. The number of hydrogen-bond acceptors (Lipinski definition) is 2. The Morgan fingerprint density at radius 1 is 1.43 bits per heavy atom. The summed E-state index contributed by atoms with van der Waals surface area (Å²) in [6, 6.07) is 3.74. The standard InChI is InChI=1S/C10H11ClN2O/c1-14-5-4-9-7-13-6-8(11)2-3-10(13)12-9/h2-3,6-7H,4-5H2,1H3. The normalized spacial score (nSPS) is 11.0. The molecule has 0 aromatic carbocycles. The van der Waals surface area contributed by atoms with Gasteiger partial charge in [0.1, 0.15) is 5.65 Å². The first-order chi connectivity index (χ1) is 6.79. The highest BCUT2D eigenvalue weighted by molar-refractivity contribution is 6.30. The second-order valence-corrected chi connectivity index (χ2v) is 3.52. The molecule has 0 saturated heterocycles. The predicted molar refractivity (Wildman–Crippen MR) is 55.8 cm³/mol. The molecule has 3 nitrogen and oxygen atoms in total. The van der Waals surface area contributed by atoms with Crippen molar-refractivity contribution in [2.45, 2.75) is 6.42 Å². The van der Waals surface area contributed by atoms with Crippen molar-refractivity contribution in [3.63, 3.8) is 0 Å². The van der Waals surface area contributed by atoms with Crippen LogP contribution in [0.4, 0.5) is 0 Å². The Morgan fingerprint density at radius 3 is 3.07 bits per heavy atom. The minimum absolute atomic E-state index is 0.692. The van der Waals surface area contributed by atoms with Crippen LogP contribution in [-0.4, -0.2) is 23.1 Å². The first-order valence-corrected chi connectivity index (χ1v) is 4.79. The molecule has 2 aromatic rings. The molecule has 0 bridgehead atoms. The first kappa shape index (κ1) is 9.49. The molecule has 2 heterocycles. The molecule has 74 valence electrons. The summed E-state index contributed by atoms with van der Waals surface area (Å²) in [7, 11) is 1.69. The third-order valence-corrected chi connectivity index (χ3v) is 2.25. The van der Waals surface area contributed by atoms with E-state index in [1.54, 1.807) is 7.11 Å². The predicted octanol–water partition coefficient (Wildman–Crippen LogP) is 2.18. The van der Waals surface area contributed by atoms with Crippen molar-refractivity contribution in [2.75, 3.05) is 13.7 Å². The highest BCUT2D eigenvalue weighted by Crippen LogP contribution is 2.11. The van der Waals surface area contributed by atoms with E-state index in [9.17, 15) is 0 Å². The number of rotatable bonds is 3. The number of halogens is 1. The molecule has 4 heteroatoms. The summed E-state index contributed by atoms with van der Waals surface area (Å²) in [6.07, 6.45) is 4.65. The van der Waals surface area contributed by atoms with Gasteiger partial charge < -0.3 is 9.14 Å². The lowest BCUT2D eigenvalue weighted by Crippen LogP contribution is -1.93. The van der Waals surface area contributed by atoms with Gasteiger partial charge in [-0.3, -0.25) is 0 Å². The zero-order valence-electron chi connectivity index (χ0n) is 7.90. The Morgan fingerprint density at radius 2 is 2.29 bits per heavy atom. The molecule has 0 aliphatic carbocycles. The molecule has 0 amide bonds. The number of aromatic nitrogens is 2. The smallest absolute Gasteiger partial charge is 0.137 e. The fraction of sp³-hybridized carbons (Fsp3) is 0.300. The van der Waals surface area contributed by atoms with Crippen molar-refractivity contribution in [1.82, 2.24) is 9.38 Å². The quantitative estimate of drug-likeness (QED) is 0.777. The number of hydrogen-bond donors (Lipinski definition) is 0. The van der Waals surface area contributed by atoms with Crippen molar-refractivity contribution in [1.29, 1.82) is 0 Å². The average molecular weight is 211 g/mol. The number of nitrogens with zero attached hydrogens (tertiary/aromatic N) is 2. The molecule has 0 atom stereocenters. The van der Waals surface area contributed by atoms with Crippen LogP contribution in [0.3, 0.4) is 0 Å². The number of imidazole rings is 1. The molecule has 2 aromatic heterocycles. The van der Waals surface area contributed by atoms with Gasteiger partial charge in [0, 0.05) is 25.9 Å². The molecular formula is C10H11ClN2O. The van der Waals surface area contributed by atoms with Gasteiger partial charge in [-0.1, -0.05) is 11.6 Å². The van der Waals surface area contributed by atoms with Crippen LogP contribution in [0.5, 0.6) is 0 Å². The summed E-state index contributed by atoms with van der Waals surface area (Å²) in [6.45, 7) is 0.692. The van der Waals surface area contributed by atoms with E-state index in [4.69, 9.17) is 16.3 Å². The van der Waals surface area contributed by atoms with Crippen LogP contribution in [0.15, 0.2) is 24.5 Å². The minimum atomic E-state index is 0.692. The Kier molecular flexibility index (Phi) is 2.70. The van der Waals surface area contributed by atoms with Gasteiger partial charge in [-0.25, -0.2) is 4.98 Å². The zero-order valence-corrected chi connectivity index (χ0v) is 8.66. The Labute approximate surface area is 87.3 Å². The Hall–Kier alpha value is -1.06. The third-order valence-electron chi connectivity index (χ3n) is 2.03. The van der Waals surface area contributed by atoms with Crippen molar-refractivity contribution < 1.29 is 4.74 Å². The van der Waals surface area contributed by atoms with Crippen LogP contribution in [0, 0.1) is 0 Å². The van der Waals surface area contributed by atoms with Crippen molar-refractivity contribution in [2.24, 2.45) is 0 Å². The summed E-state index contributed by atoms with van der Waals surface area (Å²) >= 11 is 5.86. The van der Waals surface area contributed by atoms with E-state index in [1.165, 1.54) is 0 Å². The second kappa shape index (κ2) is 3.98. The molecule has 0 N–H and O–H groups in total. The van der Waals surface area contributed by atoms with E-state index in [0.29, 0.717) is 11.6 Å². The third kappa shape index (κ3) is 1.89. The van der Waals surface area contributed by atoms with Gasteiger partial charge >= 0.3 is 0 Å². The second-order valence-electron chi connectivity index (χ2n) is 3.09. The van der Waals surface area contributed by atoms with Crippen LogP contribution >= 0.6 is 11.6 Å². The maximum Gasteiger partial charge on any atom is 0.137 e. The van der Waals surface area contributed by atoms with E-state index in [2.05, 4.69) is 4.98 Å². The van der Waals surface area contributed by atoms with Gasteiger partial charge in [0.05, 0.1) is 17.3 Å². The molecule has 14 heavy (non-hydrogen) atoms. The fourth-order valence-corrected chi connectivity index (χ4v) is 1.51. The monoisotopic (exact) mass is 210 g/mol. The minimum Gasteiger partial charge on any atom is -0.384 e. The topological polar surface area (TPSA) is 26.5 Å².